The fourth-order valence-corrected chi connectivity index (χ4v) is 1.67. The molecule has 0 radical (unpaired) electrons. The quantitative estimate of drug-likeness (QED) is 0.430. The smallest absolute Gasteiger partial charge is 0.311 e. The van der Waals surface area contributed by atoms with E-state index in [0.717, 1.165) is 25.1 Å². The van der Waals surface area contributed by atoms with Gasteiger partial charge in [-0.25, -0.2) is 23.7 Å². The van der Waals surface area contributed by atoms with Crippen LogP contribution in [0.25, 0.3) is 0 Å². The summed E-state index contributed by atoms with van der Waals surface area (Å²) in [4.78, 5) is 20.2. The third-order valence-corrected chi connectivity index (χ3v) is 2.82. The van der Waals surface area contributed by atoms with Gasteiger partial charge in [-0.15, -0.1) is 0 Å². The van der Waals surface area contributed by atoms with Crippen LogP contribution in [0.3, 0.4) is 0 Å². The van der Waals surface area contributed by atoms with Gasteiger partial charge in [0.2, 0.25) is 0 Å². The van der Waals surface area contributed by atoms with Gasteiger partial charge in [0, 0.05) is 13.1 Å². The van der Waals surface area contributed by atoms with Crippen molar-refractivity contribution in [2.24, 2.45) is 20.7 Å². The molecule has 1 heterocycles. The maximum absolute atomic E-state index is 11.9. The van der Waals surface area contributed by atoms with Crippen molar-refractivity contribution in [3.63, 3.8) is 0 Å². The molecule has 2 aromatic carbocycles. The van der Waals surface area contributed by atoms with E-state index in [-0.39, 0.29) is 0 Å². The summed E-state index contributed by atoms with van der Waals surface area (Å²) in [6, 6.07) is 13.0. The van der Waals surface area contributed by atoms with E-state index >= 15 is 0 Å². The highest BCUT2D eigenvalue weighted by Gasteiger charge is 1.88. The first kappa shape index (κ1) is 31.2. The third kappa shape index (κ3) is 22.6. The lowest BCUT2D eigenvalue weighted by atomic mass is 10.2. The van der Waals surface area contributed by atoms with Crippen molar-refractivity contribution < 1.29 is 13.2 Å². The largest absolute Gasteiger partial charge is 0.390 e. The summed E-state index contributed by atoms with van der Waals surface area (Å²) >= 11 is 0. The Bertz CT molecular complexity index is 842. The number of benzene rings is 2. The molecule has 2 N–H and O–H groups in total. The van der Waals surface area contributed by atoms with Crippen molar-refractivity contribution in [1.82, 2.24) is 15.0 Å². The van der Waals surface area contributed by atoms with Gasteiger partial charge in [0.15, 0.2) is 0 Å². The lowest BCUT2D eigenvalue weighted by molar-refractivity contribution is 0.532. The zero-order chi connectivity index (χ0) is 25.3. The first-order valence-corrected chi connectivity index (χ1v) is 9.76. The van der Waals surface area contributed by atoms with E-state index < -0.39 is 17.7 Å². The molecule has 33 heavy (non-hydrogen) atoms. The van der Waals surface area contributed by atoms with Crippen molar-refractivity contribution in [2.75, 3.05) is 7.05 Å². The highest BCUT2D eigenvalue weighted by molar-refractivity contribution is 5.76. The second-order valence-electron chi connectivity index (χ2n) is 5.44. The van der Waals surface area contributed by atoms with Gasteiger partial charge >= 0.3 is 6.08 Å². The molecule has 0 fully saturated rings. The molecule has 0 saturated carbocycles. The van der Waals surface area contributed by atoms with E-state index in [2.05, 4.69) is 68.0 Å². The van der Waals surface area contributed by atoms with Crippen LogP contribution in [-0.2, 0) is 0 Å². The van der Waals surface area contributed by atoms with E-state index in [1.54, 1.807) is 7.05 Å². The molecule has 178 valence electrons. The molecule has 0 aliphatic rings. The van der Waals surface area contributed by atoms with Crippen molar-refractivity contribution >= 4 is 19.0 Å². The lowest BCUT2D eigenvalue weighted by Gasteiger charge is -1.90. The van der Waals surface area contributed by atoms with Crippen LogP contribution in [0.5, 0.6) is 0 Å². The van der Waals surface area contributed by atoms with Crippen LogP contribution in [0, 0.1) is 31.6 Å². The molecular formula is C23H30F3N7. The van der Waals surface area contributed by atoms with Crippen LogP contribution in [-0.4, -0.2) is 41.0 Å². The fourth-order valence-electron chi connectivity index (χ4n) is 1.67. The van der Waals surface area contributed by atoms with Gasteiger partial charge in [0.25, 0.3) is 0 Å². The highest BCUT2D eigenvalue weighted by atomic mass is 19.1. The minimum absolute atomic E-state index is 0.537. The standard InChI is InChI=1S/C8H10.C6H4F2.C4H8N4.C3H2FN3.C2H6/c1-7-4-3-5-8(2)6-7;7-5-2-1-3-6(8)4-5;1-6-3-8-4-7-2-5;4-3-6-1-5-2-7-3;1-2/h3-6H,1-2H3;1-4H;2-4H,1H3,(H2,5,6,7,8);1-2H;1-2H3. The highest BCUT2D eigenvalue weighted by Crippen LogP contribution is 2.00. The molecular weight excluding hydrogens is 431 g/mol. The molecule has 0 spiro atoms. The first-order chi connectivity index (χ1) is 15.9. The second-order valence-corrected chi connectivity index (χ2v) is 5.44. The summed E-state index contributed by atoms with van der Waals surface area (Å²) in [7, 11) is 1.63. The van der Waals surface area contributed by atoms with E-state index in [9.17, 15) is 13.2 Å². The zero-order valence-corrected chi connectivity index (χ0v) is 19.4. The molecule has 0 amide bonds. The Hall–Kier alpha value is -3.95. The minimum atomic E-state index is -0.741. The van der Waals surface area contributed by atoms with Crippen molar-refractivity contribution in [1.29, 1.82) is 0 Å². The predicted molar refractivity (Wildman–Crippen MR) is 129 cm³/mol. The number of nitrogens with two attached hydrogens (primary N) is 1. The summed E-state index contributed by atoms with van der Waals surface area (Å²) in [5, 5.41) is 0. The van der Waals surface area contributed by atoms with Gasteiger partial charge in [-0.2, -0.15) is 14.4 Å². The molecule has 3 aromatic rings. The normalized spacial score (nSPS) is 9.58. The molecule has 10 heteroatoms. The monoisotopic (exact) mass is 461 g/mol. The van der Waals surface area contributed by atoms with Crippen LogP contribution >= 0.6 is 0 Å². The average Bonchev–Trinajstić information content (AvgIpc) is 2.80. The Morgan fingerprint density at radius 3 is 1.61 bits per heavy atom. The van der Waals surface area contributed by atoms with Gasteiger partial charge in [-0.1, -0.05) is 55.3 Å². The summed E-state index contributed by atoms with van der Waals surface area (Å²) in [6.45, 7) is 8.21. The van der Waals surface area contributed by atoms with E-state index in [0.29, 0.717) is 0 Å². The van der Waals surface area contributed by atoms with Gasteiger partial charge in [-0.05, 0) is 26.0 Å². The number of hydrogen-bond donors (Lipinski definition) is 1. The number of halogens is 3. The number of aliphatic imine (C=N–C) groups is 3. The molecule has 7 nitrogen and oxygen atoms in total. The summed E-state index contributed by atoms with van der Waals surface area (Å²) in [5.74, 6) is -1.07. The molecule has 0 unspecified atom stereocenters. The summed E-state index contributed by atoms with van der Waals surface area (Å²) in [6.07, 6.45) is 5.31. The maximum atomic E-state index is 11.9. The van der Waals surface area contributed by atoms with Crippen LogP contribution in [0.1, 0.15) is 25.0 Å². The van der Waals surface area contributed by atoms with Gasteiger partial charge in [0.1, 0.15) is 37.0 Å². The first-order valence-electron chi connectivity index (χ1n) is 9.76. The van der Waals surface area contributed by atoms with Crippen LogP contribution in [0.2, 0.25) is 0 Å². The molecule has 0 bridgehead atoms. The predicted octanol–water partition coefficient (Wildman–Crippen LogP) is 4.96. The number of aryl methyl sites for hydroxylation is 2. The minimum Gasteiger partial charge on any atom is -0.390 e. The Morgan fingerprint density at radius 1 is 0.788 bits per heavy atom. The topological polar surface area (TPSA) is 102 Å². The third-order valence-electron chi connectivity index (χ3n) is 2.82. The zero-order valence-electron chi connectivity index (χ0n) is 19.4. The van der Waals surface area contributed by atoms with Crippen molar-refractivity contribution in [2.45, 2.75) is 27.7 Å². The maximum Gasteiger partial charge on any atom is 0.311 e. The van der Waals surface area contributed by atoms with Gasteiger partial charge in [0.05, 0.1) is 6.34 Å². The van der Waals surface area contributed by atoms with E-state index in [1.807, 2.05) is 13.8 Å². The van der Waals surface area contributed by atoms with Crippen LogP contribution < -0.4 is 5.73 Å². The number of nitrogens with zero attached hydrogens (tertiary/aromatic N) is 6. The number of hydrogen-bond acceptors (Lipinski definition) is 4. The molecule has 3 rings (SSSR count). The Balaban J connectivity index is 0. The van der Waals surface area contributed by atoms with Crippen LogP contribution in [0.15, 0.2) is 76.2 Å². The average molecular weight is 462 g/mol. The SMILES string of the molecule is CC.CN=CN=CN=CN.Cc1cccc(C)c1.Fc1cccc(F)c1.Fc1ncncn1. The Morgan fingerprint density at radius 2 is 1.30 bits per heavy atom. The molecule has 0 atom stereocenters. The summed E-state index contributed by atoms with van der Waals surface area (Å²) < 4.78 is 35.5. The Labute approximate surface area is 193 Å². The van der Waals surface area contributed by atoms with E-state index in [1.165, 1.54) is 42.0 Å². The summed E-state index contributed by atoms with van der Waals surface area (Å²) in [5.41, 5.74) is 7.56. The number of aromatic nitrogens is 3. The van der Waals surface area contributed by atoms with Crippen LogP contribution in [0.4, 0.5) is 13.2 Å². The fraction of sp³-hybridized carbons (Fsp3) is 0.217. The van der Waals surface area contributed by atoms with Crippen molar-refractivity contribution in [3.05, 3.63) is 90.0 Å². The molecule has 0 aliphatic carbocycles. The van der Waals surface area contributed by atoms with E-state index in [4.69, 9.17) is 5.73 Å². The van der Waals surface area contributed by atoms with Gasteiger partial charge < -0.3 is 5.73 Å². The lowest BCUT2D eigenvalue weighted by Crippen LogP contribution is -1.87. The Kier molecular flexibility index (Phi) is 21.5. The second kappa shape index (κ2) is 22.7. The number of rotatable bonds is 2. The van der Waals surface area contributed by atoms with Crippen molar-refractivity contribution in [3.8, 4) is 0 Å². The molecule has 0 aliphatic heterocycles. The van der Waals surface area contributed by atoms with Gasteiger partial charge in [-0.3, -0.25) is 4.99 Å². The molecule has 1 aromatic heterocycles. The molecule has 0 saturated heterocycles.